The van der Waals surface area contributed by atoms with Gasteiger partial charge in [-0.3, -0.25) is 0 Å². The Hall–Kier alpha value is -0.940. The third kappa shape index (κ3) is 3.43. The van der Waals surface area contributed by atoms with Gasteiger partial charge in [0, 0.05) is 26.2 Å². The molecule has 1 aromatic heterocycles. The molecule has 5 nitrogen and oxygen atoms in total. The van der Waals surface area contributed by atoms with Gasteiger partial charge in [0.05, 0.1) is 18.5 Å². The van der Waals surface area contributed by atoms with E-state index in [2.05, 4.69) is 29.5 Å². The molecule has 1 heterocycles. The van der Waals surface area contributed by atoms with Gasteiger partial charge in [-0.25, -0.2) is 4.68 Å². The van der Waals surface area contributed by atoms with E-state index in [0.717, 1.165) is 25.4 Å². The van der Waals surface area contributed by atoms with Gasteiger partial charge in [-0.05, 0) is 13.8 Å². The Morgan fingerprint density at radius 2 is 2.36 bits per heavy atom. The van der Waals surface area contributed by atoms with Gasteiger partial charge in [-0.2, -0.15) is 0 Å². The maximum Gasteiger partial charge on any atom is 0.0964 e. The highest BCUT2D eigenvalue weighted by Gasteiger charge is 2.02. The van der Waals surface area contributed by atoms with Crippen LogP contribution in [0, 0.1) is 0 Å². The number of hydrogen-bond donors (Lipinski definition) is 1. The van der Waals surface area contributed by atoms with Crippen molar-refractivity contribution < 1.29 is 4.74 Å². The summed E-state index contributed by atoms with van der Waals surface area (Å²) < 4.78 is 6.77. The third-order valence-electron chi connectivity index (χ3n) is 1.88. The Morgan fingerprint density at radius 1 is 1.57 bits per heavy atom. The minimum atomic E-state index is 0.371. The number of nitrogens with zero attached hydrogens (tertiary/aromatic N) is 3. The van der Waals surface area contributed by atoms with Crippen molar-refractivity contribution in [2.75, 3.05) is 20.3 Å². The monoisotopic (exact) mass is 198 g/mol. The second kappa shape index (κ2) is 5.72. The molecule has 0 aliphatic rings. The van der Waals surface area contributed by atoms with E-state index < -0.39 is 0 Å². The van der Waals surface area contributed by atoms with E-state index in [1.54, 1.807) is 7.11 Å². The quantitative estimate of drug-likeness (QED) is 0.680. The number of rotatable bonds is 6. The van der Waals surface area contributed by atoms with Crippen LogP contribution in [-0.4, -0.2) is 35.3 Å². The maximum atomic E-state index is 4.92. The minimum absolute atomic E-state index is 0.371. The Bertz CT molecular complexity index is 259. The molecule has 0 aromatic carbocycles. The molecule has 0 bridgehead atoms. The van der Waals surface area contributed by atoms with Crippen molar-refractivity contribution >= 4 is 0 Å². The fourth-order valence-electron chi connectivity index (χ4n) is 1.04. The van der Waals surface area contributed by atoms with Crippen molar-refractivity contribution in [3.05, 3.63) is 11.9 Å². The van der Waals surface area contributed by atoms with Crippen molar-refractivity contribution in [1.82, 2.24) is 20.3 Å². The van der Waals surface area contributed by atoms with E-state index in [0.29, 0.717) is 6.04 Å². The zero-order valence-corrected chi connectivity index (χ0v) is 9.03. The van der Waals surface area contributed by atoms with E-state index in [-0.39, 0.29) is 0 Å². The zero-order chi connectivity index (χ0) is 10.4. The average molecular weight is 198 g/mol. The lowest BCUT2D eigenvalue weighted by Crippen LogP contribution is -2.18. The van der Waals surface area contributed by atoms with Crippen molar-refractivity contribution in [2.24, 2.45) is 0 Å². The van der Waals surface area contributed by atoms with E-state index in [4.69, 9.17) is 4.74 Å². The van der Waals surface area contributed by atoms with Gasteiger partial charge < -0.3 is 10.1 Å². The lowest BCUT2D eigenvalue weighted by atomic mass is 10.4. The van der Waals surface area contributed by atoms with E-state index in [1.165, 1.54) is 0 Å². The summed E-state index contributed by atoms with van der Waals surface area (Å²) in [4.78, 5) is 0. The SMILES string of the molecule is COCCNCc1cn(C(C)C)nn1. The highest BCUT2D eigenvalue weighted by molar-refractivity contribution is 4.92. The summed E-state index contributed by atoms with van der Waals surface area (Å²) in [6.07, 6.45) is 1.96. The molecular weight excluding hydrogens is 180 g/mol. The topological polar surface area (TPSA) is 52.0 Å². The number of ether oxygens (including phenoxy) is 1. The molecule has 0 spiro atoms. The van der Waals surface area contributed by atoms with Crippen molar-refractivity contribution in [3.8, 4) is 0 Å². The maximum absolute atomic E-state index is 4.92. The van der Waals surface area contributed by atoms with Crippen molar-refractivity contribution in [2.45, 2.75) is 26.4 Å². The summed E-state index contributed by atoms with van der Waals surface area (Å²) in [6, 6.07) is 0.371. The molecular formula is C9H18N4O. The van der Waals surface area contributed by atoms with Crippen LogP contribution in [0.25, 0.3) is 0 Å². The zero-order valence-electron chi connectivity index (χ0n) is 9.03. The van der Waals surface area contributed by atoms with Crippen molar-refractivity contribution in [3.63, 3.8) is 0 Å². The van der Waals surface area contributed by atoms with Gasteiger partial charge in [-0.15, -0.1) is 5.10 Å². The summed E-state index contributed by atoms with van der Waals surface area (Å²) in [6.45, 7) is 6.47. The van der Waals surface area contributed by atoms with E-state index in [1.807, 2.05) is 10.9 Å². The molecule has 1 rings (SSSR count). The average Bonchev–Trinajstić information content (AvgIpc) is 2.61. The molecule has 1 N–H and O–H groups in total. The summed E-state index contributed by atoms with van der Waals surface area (Å²) in [7, 11) is 1.69. The van der Waals surface area contributed by atoms with Gasteiger partial charge in [0.25, 0.3) is 0 Å². The molecule has 5 heteroatoms. The first-order valence-corrected chi connectivity index (χ1v) is 4.84. The first-order valence-electron chi connectivity index (χ1n) is 4.84. The minimum Gasteiger partial charge on any atom is -0.383 e. The van der Waals surface area contributed by atoms with Crippen LogP contribution in [0.2, 0.25) is 0 Å². The molecule has 0 saturated carbocycles. The van der Waals surface area contributed by atoms with Crippen molar-refractivity contribution in [1.29, 1.82) is 0 Å². The number of nitrogens with one attached hydrogen (secondary N) is 1. The van der Waals surface area contributed by atoms with E-state index >= 15 is 0 Å². The normalized spacial score (nSPS) is 11.1. The number of methoxy groups -OCH3 is 1. The second-order valence-electron chi connectivity index (χ2n) is 3.45. The predicted octanol–water partition coefficient (Wildman–Crippen LogP) is 0.595. The predicted molar refractivity (Wildman–Crippen MR) is 54.0 cm³/mol. The molecule has 1 aromatic rings. The van der Waals surface area contributed by atoms with Crippen LogP contribution in [0.4, 0.5) is 0 Å². The van der Waals surface area contributed by atoms with Gasteiger partial charge in [0.2, 0.25) is 0 Å². The lowest BCUT2D eigenvalue weighted by Gasteiger charge is -2.02. The number of hydrogen-bond acceptors (Lipinski definition) is 4. The Balaban J connectivity index is 2.29. The summed E-state index contributed by atoms with van der Waals surface area (Å²) >= 11 is 0. The Labute approximate surface area is 84.4 Å². The fraction of sp³-hybridized carbons (Fsp3) is 0.778. The van der Waals surface area contributed by atoms with Crippen LogP contribution in [0.5, 0.6) is 0 Å². The second-order valence-corrected chi connectivity index (χ2v) is 3.45. The lowest BCUT2D eigenvalue weighted by molar-refractivity contribution is 0.199. The molecule has 0 aliphatic carbocycles. The van der Waals surface area contributed by atoms with Crippen LogP contribution in [0.3, 0.4) is 0 Å². The Morgan fingerprint density at radius 3 is 2.93 bits per heavy atom. The van der Waals surface area contributed by atoms with Gasteiger partial charge in [0.1, 0.15) is 0 Å². The standard InChI is InChI=1S/C9H18N4O/c1-8(2)13-7-9(11-12-13)6-10-4-5-14-3/h7-8,10H,4-6H2,1-3H3. The molecule has 0 unspecified atom stereocenters. The molecule has 0 aliphatic heterocycles. The molecule has 0 radical (unpaired) electrons. The summed E-state index contributed by atoms with van der Waals surface area (Å²) in [5, 5.41) is 11.3. The first-order chi connectivity index (χ1) is 6.74. The van der Waals surface area contributed by atoms with Gasteiger partial charge in [0.15, 0.2) is 0 Å². The fourth-order valence-corrected chi connectivity index (χ4v) is 1.04. The molecule has 14 heavy (non-hydrogen) atoms. The Kier molecular flexibility index (Phi) is 4.55. The molecule has 0 saturated heterocycles. The summed E-state index contributed by atoms with van der Waals surface area (Å²) in [5.41, 5.74) is 0.967. The van der Waals surface area contributed by atoms with Crippen LogP contribution >= 0.6 is 0 Å². The highest BCUT2D eigenvalue weighted by atomic mass is 16.5. The van der Waals surface area contributed by atoms with Gasteiger partial charge in [-0.1, -0.05) is 5.21 Å². The summed E-state index contributed by atoms with van der Waals surface area (Å²) in [5.74, 6) is 0. The van der Waals surface area contributed by atoms with Crippen LogP contribution in [0.15, 0.2) is 6.20 Å². The third-order valence-corrected chi connectivity index (χ3v) is 1.88. The van der Waals surface area contributed by atoms with Crippen LogP contribution in [-0.2, 0) is 11.3 Å². The van der Waals surface area contributed by atoms with Crippen LogP contribution in [0.1, 0.15) is 25.6 Å². The largest absolute Gasteiger partial charge is 0.383 e. The molecule has 0 amide bonds. The molecule has 80 valence electrons. The first kappa shape index (κ1) is 11.1. The van der Waals surface area contributed by atoms with E-state index in [9.17, 15) is 0 Å². The smallest absolute Gasteiger partial charge is 0.0964 e. The van der Waals surface area contributed by atoms with Gasteiger partial charge >= 0.3 is 0 Å². The number of aromatic nitrogens is 3. The highest BCUT2D eigenvalue weighted by Crippen LogP contribution is 2.01. The molecule has 0 fully saturated rings. The molecule has 0 atom stereocenters. The van der Waals surface area contributed by atoms with Crippen LogP contribution < -0.4 is 5.32 Å².